The first-order valence-corrected chi connectivity index (χ1v) is 8.28. The van der Waals surface area contributed by atoms with Crippen molar-refractivity contribution in [3.8, 4) is 0 Å². The molecule has 0 saturated carbocycles. The lowest BCUT2D eigenvalue weighted by Gasteiger charge is -2.07. The summed E-state index contributed by atoms with van der Waals surface area (Å²) in [6.45, 7) is 4.65. The van der Waals surface area contributed by atoms with Crippen molar-refractivity contribution >= 4 is 27.8 Å². The van der Waals surface area contributed by atoms with Crippen molar-refractivity contribution in [3.63, 3.8) is 0 Å². The molecule has 0 radical (unpaired) electrons. The minimum absolute atomic E-state index is 0.00862. The summed E-state index contributed by atoms with van der Waals surface area (Å²) in [5.41, 5.74) is 5.26. The molecular weight excluding hydrogens is 326 g/mol. The van der Waals surface area contributed by atoms with Crippen LogP contribution in [0.4, 0.5) is 0 Å². The van der Waals surface area contributed by atoms with Gasteiger partial charge in [-0.15, -0.1) is 0 Å². The zero-order chi connectivity index (χ0) is 17.8. The molecule has 0 aliphatic rings. The number of amides is 2. The molecule has 1 heterocycles. The fourth-order valence-corrected chi connectivity index (χ4v) is 3.50. The van der Waals surface area contributed by atoms with Gasteiger partial charge < -0.3 is 15.5 Å². The van der Waals surface area contributed by atoms with Crippen LogP contribution in [0.5, 0.6) is 0 Å². The van der Waals surface area contributed by atoms with E-state index in [1.54, 1.807) is 6.92 Å². The summed E-state index contributed by atoms with van der Waals surface area (Å²) in [7, 11) is -4.19. The van der Waals surface area contributed by atoms with Gasteiger partial charge in [0.15, 0.2) is 0 Å². The highest BCUT2D eigenvalue weighted by Crippen LogP contribution is 2.23. The lowest BCUT2D eigenvalue weighted by molar-refractivity contribution is -0.123. The summed E-state index contributed by atoms with van der Waals surface area (Å²) in [6, 6.07) is 0. The maximum Gasteiger partial charge on any atom is 0.355 e. The Morgan fingerprint density at radius 3 is 2.35 bits per heavy atom. The van der Waals surface area contributed by atoms with Crippen LogP contribution in [0.25, 0.3) is 0 Å². The maximum absolute atomic E-state index is 12.3. The predicted octanol–water partition coefficient (Wildman–Crippen LogP) is -0.121. The monoisotopic (exact) mass is 345 g/mol. The van der Waals surface area contributed by atoms with E-state index in [9.17, 15) is 22.8 Å². The van der Waals surface area contributed by atoms with Gasteiger partial charge in [-0.2, -0.15) is 0 Å². The minimum Gasteiger partial charge on any atom is -0.461 e. The van der Waals surface area contributed by atoms with Crippen LogP contribution in [0.3, 0.4) is 0 Å². The molecule has 1 rings (SSSR count). The standard InChI is InChI=1S/C13H19N3O6S/c1-4-22-13(19)11-7(2)12(8(3)15-11)23(20,21)16-10(18)6-5-9(14)17/h15H,4-6H2,1-3H3,(H2,14,17)(H,16,18). The normalized spacial score (nSPS) is 11.1. The average Bonchev–Trinajstić information content (AvgIpc) is 2.72. The van der Waals surface area contributed by atoms with Crippen molar-refractivity contribution in [1.29, 1.82) is 0 Å². The second-order valence-electron chi connectivity index (χ2n) is 4.79. The number of carbonyl (C=O) groups is 3. The SMILES string of the molecule is CCOC(=O)c1[nH]c(C)c(S(=O)(=O)NC(=O)CCC(N)=O)c1C. The Morgan fingerprint density at radius 1 is 1.22 bits per heavy atom. The summed E-state index contributed by atoms with van der Waals surface area (Å²) >= 11 is 0. The van der Waals surface area contributed by atoms with Crippen LogP contribution in [-0.4, -0.2) is 37.8 Å². The highest BCUT2D eigenvalue weighted by molar-refractivity contribution is 7.90. The summed E-state index contributed by atoms with van der Waals surface area (Å²) in [5.74, 6) is -2.26. The maximum atomic E-state index is 12.3. The second kappa shape index (κ2) is 7.27. The van der Waals surface area contributed by atoms with Gasteiger partial charge >= 0.3 is 5.97 Å². The second-order valence-corrected chi connectivity index (χ2v) is 6.41. The third kappa shape index (κ3) is 4.55. The van der Waals surface area contributed by atoms with Gasteiger partial charge in [-0.25, -0.2) is 17.9 Å². The van der Waals surface area contributed by atoms with Crippen LogP contribution >= 0.6 is 0 Å². The van der Waals surface area contributed by atoms with E-state index in [1.165, 1.54) is 13.8 Å². The smallest absolute Gasteiger partial charge is 0.355 e. The Kier molecular flexibility index (Phi) is 5.91. The molecule has 0 fully saturated rings. The van der Waals surface area contributed by atoms with Crippen molar-refractivity contribution in [2.75, 3.05) is 6.61 Å². The van der Waals surface area contributed by atoms with Gasteiger partial charge in [0, 0.05) is 24.1 Å². The molecule has 9 nitrogen and oxygen atoms in total. The number of aromatic amines is 1. The number of ether oxygens (including phenoxy) is 1. The van der Waals surface area contributed by atoms with E-state index in [0.717, 1.165) is 0 Å². The molecule has 0 saturated heterocycles. The quantitative estimate of drug-likeness (QED) is 0.587. The highest BCUT2D eigenvalue weighted by Gasteiger charge is 2.28. The summed E-state index contributed by atoms with van der Waals surface area (Å²) in [6.07, 6.45) is -0.609. The Bertz CT molecular complexity index is 735. The van der Waals surface area contributed by atoms with Crippen LogP contribution in [0, 0.1) is 13.8 Å². The molecule has 128 valence electrons. The molecule has 1 aromatic heterocycles. The number of nitrogens with one attached hydrogen (secondary N) is 2. The molecule has 1 aromatic rings. The van der Waals surface area contributed by atoms with E-state index in [2.05, 4.69) is 4.98 Å². The molecule has 0 spiro atoms. The first kappa shape index (κ1) is 18.7. The minimum atomic E-state index is -4.19. The lowest BCUT2D eigenvalue weighted by atomic mass is 10.2. The molecule has 0 aliphatic carbocycles. The number of carbonyl (C=O) groups excluding carboxylic acids is 3. The number of rotatable bonds is 7. The number of hydrogen-bond acceptors (Lipinski definition) is 6. The molecule has 2 amide bonds. The van der Waals surface area contributed by atoms with Crippen molar-refractivity contribution in [2.24, 2.45) is 5.73 Å². The molecule has 23 heavy (non-hydrogen) atoms. The summed E-state index contributed by atoms with van der Waals surface area (Å²) in [4.78, 5) is 36.4. The molecule has 0 bridgehead atoms. The first-order valence-electron chi connectivity index (χ1n) is 6.80. The number of nitrogens with two attached hydrogens (primary N) is 1. The van der Waals surface area contributed by atoms with E-state index in [0.29, 0.717) is 0 Å². The lowest BCUT2D eigenvalue weighted by Crippen LogP contribution is -2.32. The van der Waals surface area contributed by atoms with Crippen LogP contribution in [0.1, 0.15) is 41.5 Å². The van der Waals surface area contributed by atoms with E-state index in [1.807, 2.05) is 4.72 Å². The zero-order valence-corrected chi connectivity index (χ0v) is 13.9. The average molecular weight is 345 g/mol. The number of H-pyrrole nitrogens is 1. The van der Waals surface area contributed by atoms with E-state index >= 15 is 0 Å². The summed E-state index contributed by atoms with van der Waals surface area (Å²) in [5, 5.41) is 0. The van der Waals surface area contributed by atoms with Crippen LogP contribution < -0.4 is 10.5 Å². The van der Waals surface area contributed by atoms with Gasteiger partial charge in [0.2, 0.25) is 11.8 Å². The van der Waals surface area contributed by atoms with E-state index in [-0.39, 0.29) is 41.3 Å². The fourth-order valence-electron chi connectivity index (χ4n) is 2.03. The molecule has 0 atom stereocenters. The van der Waals surface area contributed by atoms with Crippen molar-refractivity contribution in [3.05, 3.63) is 17.0 Å². The van der Waals surface area contributed by atoms with Crippen LogP contribution in [0.15, 0.2) is 4.90 Å². The number of primary amides is 1. The van der Waals surface area contributed by atoms with Gasteiger partial charge in [0.1, 0.15) is 10.6 Å². The molecule has 10 heteroatoms. The molecule has 0 unspecified atom stereocenters. The number of sulfonamides is 1. The topological polar surface area (TPSA) is 148 Å². The molecular formula is C13H19N3O6S. The van der Waals surface area contributed by atoms with Crippen LogP contribution in [-0.2, 0) is 24.3 Å². The first-order chi connectivity index (χ1) is 10.6. The van der Waals surface area contributed by atoms with E-state index < -0.39 is 27.8 Å². The predicted molar refractivity (Wildman–Crippen MR) is 80.0 cm³/mol. The third-order valence-corrected chi connectivity index (χ3v) is 4.61. The number of esters is 1. The van der Waals surface area contributed by atoms with Crippen molar-refractivity contribution in [1.82, 2.24) is 9.71 Å². The number of aromatic nitrogens is 1. The van der Waals surface area contributed by atoms with Crippen molar-refractivity contribution < 1.29 is 27.5 Å². The Balaban J connectivity index is 3.07. The van der Waals surface area contributed by atoms with Gasteiger partial charge in [-0.3, -0.25) is 9.59 Å². The summed E-state index contributed by atoms with van der Waals surface area (Å²) < 4.78 is 31.3. The van der Waals surface area contributed by atoms with Gasteiger partial charge in [0.05, 0.1) is 6.61 Å². The van der Waals surface area contributed by atoms with Gasteiger partial charge in [0.25, 0.3) is 10.0 Å². The fraction of sp³-hybridized carbons (Fsp3) is 0.462. The van der Waals surface area contributed by atoms with Crippen molar-refractivity contribution in [2.45, 2.75) is 38.5 Å². The van der Waals surface area contributed by atoms with E-state index in [4.69, 9.17) is 10.5 Å². The molecule has 0 aromatic carbocycles. The largest absolute Gasteiger partial charge is 0.461 e. The highest BCUT2D eigenvalue weighted by atomic mass is 32.2. The molecule has 4 N–H and O–H groups in total. The number of aryl methyl sites for hydroxylation is 1. The Labute approximate surface area is 133 Å². The molecule has 0 aliphatic heterocycles. The zero-order valence-electron chi connectivity index (χ0n) is 13.1. The third-order valence-electron chi connectivity index (χ3n) is 2.96. The van der Waals surface area contributed by atoms with Crippen LogP contribution in [0.2, 0.25) is 0 Å². The van der Waals surface area contributed by atoms with Gasteiger partial charge in [-0.05, 0) is 20.8 Å². The Hall–Kier alpha value is -2.36. The van der Waals surface area contributed by atoms with Gasteiger partial charge in [-0.1, -0.05) is 0 Å². The number of hydrogen-bond donors (Lipinski definition) is 3. The Morgan fingerprint density at radius 2 is 1.83 bits per heavy atom.